The average molecular weight is 308 g/mol. The van der Waals surface area contributed by atoms with Crippen molar-refractivity contribution in [2.75, 3.05) is 13.1 Å². The summed E-state index contributed by atoms with van der Waals surface area (Å²) in [6, 6.07) is 8.09. The molecule has 1 unspecified atom stereocenters. The van der Waals surface area contributed by atoms with E-state index in [2.05, 4.69) is 42.7 Å². The zero-order valence-corrected chi connectivity index (χ0v) is 11.5. The van der Waals surface area contributed by atoms with Gasteiger partial charge in [0.1, 0.15) is 0 Å². The molecule has 5 nitrogen and oxygen atoms in total. The molecule has 1 aliphatic heterocycles. The van der Waals surface area contributed by atoms with Gasteiger partial charge in [0.15, 0.2) is 5.82 Å². The van der Waals surface area contributed by atoms with Gasteiger partial charge < -0.3 is 5.32 Å². The summed E-state index contributed by atoms with van der Waals surface area (Å²) in [4.78, 5) is 1.66. The molecule has 94 valence electrons. The van der Waals surface area contributed by atoms with Crippen molar-refractivity contribution in [2.24, 2.45) is 0 Å². The fraction of sp³-hybridized carbons (Fsp3) is 0.417. The molecule has 2 heterocycles. The number of hydrogen-bond donors (Lipinski definition) is 1. The zero-order chi connectivity index (χ0) is 12.4. The maximum absolute atomic E-state index is 4.46. The summed E-state index contributed by atoms with van der Waals surface area (Å²) < 4.78 is 1.08. The summed E-state index contributed by atoms with van der Waals surface area (Å²) in [6.45, 7) is 2.65. The molecule has 0 radical (unpaired) electrons. The highest BCUT2D eigenvalue weighted by Gasteiger charge is 2.21. The quantitative estimate of drug-likeness (QED) is 0.935. The Kier molecular flexibility index (Phi) is 3.38. The minimum Gasteiger partial charge on any atom is -0.316 e. The fourth-order valence-electron chi connectivity index (χ4n) is 2.14. The van der Waals surface area contributed by atoms with Crippen LogP contribution < -0.4 is 5.32 Å². The highest BCUT2D eigenvalue weighted by molar-refractivity contribution is 9.10. The molecular weight excluding hydrogens is 294 g/mol. The number of benzene rings is 1. The molecule has 1 aliphatic rings. The molecule has 1 aromatic carbocycles. The molecule has 1 saturated heterocycles. The summed E-state index contributed by atoms with van der Waals surface area (Å²) in [7, 11) is 0. The Morgan fingerprint density at radius 2 is 2.28 bits per heavy atom. The number of halogens is 1. The van der Waals surface area contributed by atoms with Crippen molar-refractivity contribution in [3.8, 4) is 0 Å². The van der Waals surface area contributed by atoms with Crippen molar-refractivity contribution in [2.45, 2.75) is 18.9 Å². The van der Waals surface area contributed by atoms with Crippen molar-refractivity contribution in [1.82, 2.24) is 25.5 Å². The van der Waals surface area contributed by atoms with Crippen LogP contribution in [0.15, 0.2) is 28.7 Å². The lowest BCUT2D eigenvalue weighted by atomic mass is 10.1. The third-order valence-electron chi connectivity index (χ3n) is 3.16. The van der Waals surface area contributed by atoms with E-state index in [9.17, 15) is 0 Å². The molecule has 0 spiro atoms. The van der Waals surface area contributed by atoms with Crippen LogP contribution in [0.2, 0.25) is 0 Å². The maximum Gasteiger partial charge on any atom is 0.179 e. The van der Waals surface area contributed by atoms with E-state index in [4.69, 9.17) is 0 Å². The van der Waals surface area contributed by atoms with E-state index in [0.29, 0.717) is 12.5 Å². The first-order valence-corrected chi connectivity index (χ1v) is 6.84. The summed E-state index contributed by atoms with van der Waals surface area (Å²) in [5, 5.41) is 16.1. The molecule has 2 aromatic rings. The van der Waals surface area contributed by atoms with Crippen molar-refractivity contribution in [3.63, 3.8) is 0 Å². The summed E-state index contributed by atoms with van der Waals surface area (Å²) in [5.41, 5.74) is 1.16. The van der Waals surface area contributed by atoms with Crippen LogP contribution in [0.5, 0.6) is 0 Å². The van der Waals surface area contributed by atoms with Crippen LogP contribution in [0.1, 0.15) is 23.7 Å². The lowest BCUT2D eigenvalue weighted by molar-refractivity contribution is 0.566. The molecule has 6 heteroatoms. The van der Waals surface area contributed by atoms with Gasteiger partial charge >= 0.3 is 0 Å². The summed E-state index contributed by atoms with van der Waals surface area (Å²) in [6.07, 6.45) is 1.10. The van der Waals surface area contributed by atoms with Crippen LogP contribution >= 0.6 is 15.9 Å². The fourth-order valence-corrected chi connectivity index (χ4v) is 2.55. The number of nitrogens with one attached hydrogen (secondary N) is 1. The van der Waals surface area contributed by atoms with Crippen molar-refractivity contribution < 1.29 is 0 Å². The Hall–Kier alpha value is -1.27. The SMILES string of the molecule is Brc1ccccc1Cn1nnc(C2CCNC2)n1. The standard InChI is InChI=1S/C12H14BrN5/c13-11-4-2-1-3-10(11)8-18-16-12(15-17-18)9-5-6-14-7-9/h1-4,9,14H,5-8H2. The van der Waals surface area contributed by atoms with Gasteiger partial charge in [0, 0.05) is 16.9 Å². The molecular formula is C12H14BrN5. The van der Waals surface area contributed by atoms with E-state index in [1.54, 1.807) is 4.80 Å². The van der Waals surface area contributed by atoms with Crippen LogP contribution in [0.25, 0.3) is 0 Å². The van der Waals surface area contributed by atoms with E-state index < -0.39 is 0 Å². The molecule has 1 N–H and O–H groups in total. The first kappa shape index (κ1) is 11.8. The Balaban J connectivity index is 1.75. The topological polar surface area (TPSA) is 55.6 Å². The Morgan fingerprint density at radius 1 is 1.39 bits per heavy atom. The molecule has 1 atom stereocenters. The van der Waals surface area contributed by atoms with Gasteiger partial charge in [-0.1, -0.05) is 34.1 Å². The van der Waals surface area contributed by atoms with Gasteiger partial charge in [0.05, 0.1) is 6.54 Å². The monoisotopic (exact) mass is 307 g/mol. The largest absolute Gasteiger partial charge is 0.316 e. The van der Waals surface area contributed by atoms with E-state index in [1.165, 1.54) is 0 Å². The van der Waals surface area contributed by atoms with E-state index in [-0.39, 0.29) is 0 Å². The van der Waals surface area contributed by atoms with Gasteiger partial charge in [-0.2, -0.15) is 4.80 Å². The van der Waals surface area contributed by atoms with Crippen LogP contribution in [0, 0.1) is 0 Å². The van der Waals surface area contributed by atoms with E-state index in [0.717, 1.165) is 35.4 Å². The second-order valence-electron chi connectivity index (χ2n) is 4.46. The zero-order valence-electron chi connectivity index (χ0n) is 9.88. The molecule has 1 aromatic heterocycles. The first-order valence-electron chi connectivity index (χ1n) is 6.05. The smallest absolute Gasteiger partial charge is 0.179 e. The average Bonchev–Trinajstić information content (AvgIpc) is 3.02. The summed E-state index contributed by atoms with van der Waals surface area (Å²) in [5.74, 6) is 1.27. The number of nitrogens with zero attached hydrogens (tertiary/aromatic N) is 4. The lowest BCUT2D eigenvalue weighted by Gasteiger charge is -2.02. The Labute approximate surface area is 114 Å². The van der Waals surface area contributed by atoms with Crippen LogP contribution in [0.3, 0.4) is 0 Å². The lowest BCUT2D eigenvalue weighted by Crippen LogP contribution is -2.09. The highest BCUT2D eigenvalue weighted by Crippen LogP contribution is 2.19. The second kappa shape index (κ2) is 5.16. The van der Waals surface area contributed by atoms with Crippen LogP contribution in [-0.4, -0.2) is 33.3 Å². The number of aromatic nitrogens is 4. The molecule has 0 aliphatic carbocycles. The minimum atomic E-state index is 0.415. The van der Waals surface area contributed by atoms with Crippen molar-refractivity contribution >= 4 is 15.9 Å². The van der Waals surface area contributed by atoms with Crippen LogP contribution in [0.4, 0.5) is 0 Å². The predicted molar refractivity (Wildman–Crippen MR) is 71.3 cm³/mol. The second-order valence-corrected chi connectivity index (χ2v) is 5.31. The molecule has 1 fully saturated rings. The maximum atomic E-state index is 4.46. The number of hydrogen-bond acceptors (Lipinski definition) is 4. The van der Waals surface area contributed by atoms with Crippen molar-refractivity contribution in [1.29, 1.82) is 0 Å². The van der Waals surface area contributed by atoms with Gasteiger partial charge in [0.25, 0.3) is 0 Å². The molecule has 3 rings (SSSR count). The third-order valence-corrected chi connectivity index (χ3v) is 3.94. The van der Waals surface area contributed by atoms with Gasteiger partial charge in [-0.3, -0.25) is 0 Å². The molecule has 18 heavy (non-hydrogen) atoms. The van der Waals surface area contributed by atoms with Gasteiger partial charge in [-0.25, -0.2) is 0 Å². The molecule has 0 amide bonds. The predicted octanol–water partition coefficient (Wildman–Crippen LogP) is 1.56. The van der Waals surface area contributed by atoms with Crippen LogP contribution in [-0.2, 0) is 6.54 Å². The Morgan fingerprint density at radius 3 is 3.06 bits per heavy atom. The number of tetrazole rings is 1. The molecule has 0 bridgehead atoms. The Bertz CT molecular complexity index is 533. The highest BCUT2D eigenvalue weighted by atomic mass is 79.9. The van der Waals surface area contributed by atoms with Gasteiger partial charge in [-0.15, -0.1) is 10.2 Å². The van der Waals surface area contributed by atoms with E-state index >= 15 is 0 Å². The third kappa shape index (κ3) is 2.44. The van der Waals surface area contributed by atoms with Crippen molar-refractivity contribution in [3.05, 3.63) is 40.1 Å². The van der Waals surface area contributed by atoms with E-state index in [1.807, 2.05) is 18.2 Å². The number of rotatable bonds is 3. The first-order chi connectivity index (χ1) is 8.83. The summed E-state index contributed by atoms with van der Waals surface area (Å²) >= 11 is 3.53. The van der Waals surface area contributed by atoms with Gasteiger partial charge in [0.2, 0.25) is 0 Å². The minimum absolute atomic E-state index is 0.415. The van der Waals surface area contributed by atoms with Gasteiger partial charge in [-0.05, 0) is 29.8 Å². The normalized spacial score (nSPS) is 19.3. The molecule has 0 saturated carbocycles.